The van der Waals surface area contributed by atoms with E-state index in [1.165, 1.54) is 115 Å². The molecule has 12 aromatic carbocycles. The van der Waals surface area contributed by atoms with Gasteiger partial charge in [0.1, 0.15) is 57.9 Å². The van der Waals surface area contributed by atoms with Crippen LogP contribution in [0.1, 0.15) is 0 Å². The van der Waals surface area contributed by atoms with Crippen molar-refractivity contribution in [1.82, 2.24) is 9.97 Å². The van der Waals surface area contributed by atoms with Crippen molar-refractivity contribution >= 4 is 120 Å². The van der Waals surface area contributed by atoms with Gasteiger partial charge in [0.15, 0.2) is 25.4 Å². The molecule has 0 saturated carbocycles. The third kappa shape index (κ3) is 13.4. The van der Waals surface area contributed by atoms with Crippen LogP contribution in [0, 0.1) is 42.0 Å². The lowest BCUT2D eigenvalue weighted by molar-refractivity contribution is 0.481. The minimum atomic E-state index is -3.90. The van der Waals surface area contributed by atoms with Gasteiger partial charge in [0.05, 0.1) is 44.0 Å². The second-order valence-electron chi connectivity index (χ2n) is 23.6. The molecule has 0 N–H and O–H groups in total. The molecule has 2 aliphatic heterocycles. The maximum atomic E-state index is 15.5. The molecule has 5 heterocycles. The minimum Gasteiger partial charge on any atom is -0.456 e. The molecular formula is C82H48F6I2N2O6P3+. The maximum absolute atomic E-state index is 15.5. The largest absolute Gasteiger partial charge is 0.456 e. The molecule has 2 aliphatic rings. The van der Waals surface area contributed by atoms with Crippen LogP contribution in [0.4, 0.5) is 26.3 Å². The van der Waals surface area contributed by atoms with Crippen LogP contribution in [0.15, 0.2) is 296 Å². The molecule has 0 atom stereocenters. The molecule has 3 aromatic heterocycles. The Morgan fingerprint density at radius 3 is 0.931 bits per heavy atom. The fourth-order valence-corrected chi connectivity index (χ4v) is 20.6. The van der Waals surface area contributed by atoms with E-state index in [2.05, 4.69) is 130 Å². The number of fused-ring (bicyclic) bond motifs is 6. The first kappa shape index (κ1) is 66.8. The zero-order chi connectivity index (χ0) is 69.7. The van der Waals surface area contributed by atoms with Crippen LogP contribution in [0.5, 0.6) is 23.0 Å². The topological polar surface area (TPSA) is 109 Å². The van der Waals surface area contributed by atoms with E-state index < -0.39 is 56.6 Å². The van der Waals surface area contributed by atoms with E-state index in [-0.39, 0.29) is 54.5 Å². The van der Waals surface area contributed by atoms with Crippen molar-refractivity contribution in [2.24, 2.45) is 0 Å². The highest BCUT2D eigenvalue weighted by molar-refractivity contribution is 14.1. The number of hydrogen-bond donors (Lipinski definition) is 0. The summed E-state index contributed by atoms with van der Waals surface area (Å²) in [5, 5.41) is 1.59. The summed E-state index contributed by atoms with van der Waals surface area (Å²) in [7, 11) is -9.82. The van der Waals surface area contributed by atoms with Crippen molar-refractivity contribution in [1.29, 1.82) is 0 Å². The van der Waals surface area contributed by atoms with Gasteiger partial charge in [-0.3, -0.25) is 0 Å². The first-order chi connectivity index (χ1) is 48.9. The van der Waals surface area contributed by atoms with Gasteiger partial charge in [-0.2, -0.15) is 0 Å². The summed E-state index contributed by atoms with van der Waals surface area (Å²) < 4.78 is 148. The molecule has 101 heavy (non-hydrogen) atoms. The van der Waals surface area contributed by atoms with Gasteiger partial charge in [-0.25, -0.2) is 36.3 Å². The average molecular weight is 1620 g/mol. The van der Waals surface area contributed by atoms with Crippen molar-refractivity contribution in [2.75, 3.05) is 0 Å². The van der Waals surface area contributed by atoms with E-state index in [0.29, 0.717) is 44.3 Å². The van der Waals surface area contributed by atoms with Crippen LogP contribution in [0.25, 0.3) is 88.7 Å². The van der Waals surface area contributed by atoms with Gasteiger partial charge in [-0.1, -0.05) is 126 Å². The van der Waals surface area contributed by atoms with E-state index in [1.54, 1.807) is 36.4 Å². The Bertz CT molecular complexity index is 5570. The summed E-state index contributed by atoms with van der Waals surface area (Å²) >= 11 is 4.70. The molecule has 0 saturated heterocycles. The van der Waals surface area contributed by atoms with E-state index in [0.717, 1.165) is 45.8 Å². The average Bonchev–Trinajstić information content (AvgIpc) is 0.728. The van der Waals surface area contributed by atoms with E-state index in [9.17, 15) is 30.9 Å². The Morgan fingerprint density at radius 1 is 0.297 bits per heavy atom. The highest BCUT2D eigenvalue weighted by atomic mass is 127. The fourth-order valence-electron chi connectivity index (χ4n) is 12.3. The van der Waals surface area contributed by atoms with E-state index in [4.69, 9.17) is 23.9 Å². The fraction of sp³-hybridized carbons (Fsp3) is 0. The van der Waals surface area contributed by atoms with Gasteiger partial charge in [0.2, 0.25) is 10.2 Å². The molecule has 15 aromatic rings. The molecule has 0 bridgehead atoms. The lowest BCUT2D eigenvalue weighted by Crippen LogP contribution is -2.31. The predicted octanol–water partition coefficient (Wildman–Crippen LogP) is 22.0. The Morgan fingerprint density at radius 2 is 0.594 bits per heavy atom. The van der Waals surface area contributed by atoms with Crippen LogP contribution in [0.2, 0.25) is 0 Å². The first-order valence-corrected chi connectivity index (χ1v) is 38.1. The van der Waals surface area contributed by atoms with Gasteiger partial charge in [-0.05, 0) is 225 Å². The second-order valence-corrected chi connectivity index (χ2v) is 33.0. The van der Waals surface area contributed by atoms with Crippen molar-refractivity contribution in [2.45, 2.75) is 0 Å². The second kappa shape index (κ2) is 27.8. The zero-order valence-corrected chi connectivity index (χ0v) is 59.4. The monoisotopic (exact) mass is 1620 g/mol. The molecule has 0 radical (unpaired) electrons. The van der Waals surface area contributed by atoms with Crippen LogP contribution in [-0.4, -0.2) is 9.97 Å². The van der Waals surface area contributed by atoms with Crippen LogP contribution in [0.3, 0.4) is 0 Å². The Labute approximate surface area is 602 Å². The van der Waals surface area contributed by atoms with Crippen LogP contribution >= 0.6 is 66.9 Å². The number of nitrogens with zero attached hydrogens (tertiary/aromatic N) is 2. The van der Waals surface area contributed by atoms with Crippen LogP contribution in [-0.2, 0) is 13.7 Å². The minimum absolute atomic E-state index is 0.108. The SMILES string of the molecule is Ic1cccc(-c2cc(-c3ccccc3)cc(-c3cccc(I)c3)n2)c1.O=P1(c2cccc(-c3cc(-c4ccccc4)cc(-c4cccc(P5(=O)c6cc(F)ccc6Oc6ccc(F)cc65)c4)n3)c2)c2cc(F)ccc2Oc2ccc(F)cc21.O=[p+]1c2cc(F)ccc2oc2ccc(F)cc21. The maximum Gasteiger partial charge on any atom is 0.423 e. The molecule has 0 aliphatic carbocycles. The van der Waals surface area contributed by atoms with Gasteiger partial charge in [-0.15, -0.1) is 0 Å². The van der Waals surface area contributed by atoms with Gasteiger partial charge in [0, 0.05) is 52.1 Å². The lowest BCUT2D eigenvalue weighted by atomic mass is 10.00. The smallest absolute Gasteiger partial charge is 0.423 e. The summed E-state index contributed by atoms with van der Waals surface area (Å²) in [4.78, 5) is 10.1. The number of benzene rings is 12. The quantitative estimate of drug-likeness (QED) is 0.0641. The van der Waals surface area contributed by atoms with Crippen molar-refractivity contribution in [3.05, 3.63) is 333 Å². The Hall–Kier alpha value is -10.1. The standard InChI is InChI=1S/C47H27F4NO4P2.C23H15I2N.C12H6F2O2P/c48-32-12-16-40-44(24-32)57(53,45-25-33(49)13-17-41(45)55-40)36-10-4-8-29(20-36)38-22-31(28-6-2-1-3-7-28)23-39(52-38)30-9-5-11-37(21-30)58(54)46-26-34(50)14-18-42(46)56-43-19-15-35(51)27-47(43)58;24-20-10-4-8-17(12-20)22-14-19(16-6-2-1-3-7-16)15-23(26-22)18-9-5-11-21(25)13-18;13-7-1-3-9-11(5-7)17(15)12-6-8(14)2-4-10(12)16-9/h1-27H;1-15H;1-6H/q;;+1. The number of hydrogen-bond acceptors (Lipinski definition) is 8. The van der Waals surface area contributed by atoms with Crippen molar-refractivity contribution < 1.29 is 53.9 Å². The molecule has 8 nitrogen and oxygen atoms in total. The Balaban J connectivity index is 0.000000156. The summed E-state index contributed by atoms with van der Waals surface area (Å²) in [6.45, 7) is 0. The molecule has 0 spiro atoms. The van der Waals surface area contributed by atoms with E-state index in [1.807, 2.05) is 60.7 Å². The van der Waals surface area contributed by atoms with Crippen LogP contribution < -0.4 is 41.3 Å². The highest BCUT2D eigenvalue weighted by Crippen LogP contribution is 2.54. The predicted molar refractivity (Wildman–Crippen MR) is 407 cm³/mol. The number of ether oxygens (including phenoxy) is 2. The molecule has 0 unspecified atom stereocenters. The first-order valence-electron chi connectivity index (χ1n) is 31.3. The summed E-state index contributed by atoms with van der Waals surface area (Å²) in [6, 6.07) is 81.8. The van der Waals surface area contributed by atoms with Crippen molar-refractivity contribution in [3.8, 4) is 90.3 Å². The summed E-state index contributed by atoms with van der Waals surface area (Å²) in [5.74, 6) is -2.62. The molecule has 492 valence electrons. The summed E-state index contributed by atoms with van der Waals surface area (Å²) in [6.07, 6.45) is 0. The number of halogens is 8. The Kier molecular flexibility index (Phi) is 18.4. The highest BCUT2D eigenvalue weighted by Gasteiger charge is 2.42. The van der Waals surface area contributed by atoms with Gasteiger partial charge < -0.3 is 23.0 Å². The summed E-state index contributed by atoms with van der Waals surface area (Å²) in [5.41, 5.74) is 11.1. The lowest BCUT2D eigenvalue weighted by Gasteiger charge is -2.29. The van der Waals surface area contributed by atoms with Crippen molar-refractivity contribution in [3.63, 3.8) is 0 Å². The number of rotatable bonds is 8. The number of pyridine rings is 2. The van der Waals surface area contributed by atoms with Gasteiger partial charge >= 0.3 is 7.41 Å². The third-order valence-corrected chi connectivity index (χ3v) is 26.1. The zero-order valence-electron chi connectivity index (χ0n) is 52.4. The van der Waals surface area contributed by atoms with Gasteiger partial charge in [0.25, 0.3) is 0 Å². The van der Waals surface area contributed by atoms with E-state index >= 15 is 9.13 Å². The normalized spacial score (nSPS) is 12.8. The third-order valence-electron chi connectivity index (χ3n) is 17.1. The molecular weight excluding hydrogens is 1570 g/mol. The molecule has 0 fully saturated rings. The number of aromatic nitrogens is 2. The molecule has 0 amide bonds. The molecule has 19 heteroatoms. The molecule has 17 rings (SSSR count).